The highest BCUT2D eigenvalue weighted by molar-refractivity contribution is 5.75. The van der Waals surface area contributed by atoms with E-state index in [2.05, 4.69) is 51.6 Å². The molecular formula is C22H27N7O. The van der Waals surface area contributed by atoms with Crippen LogP contribution in [-0.2, 0) is 6.42 Å². The molecule has 1 atom stereocenters. The zero-order valence-corrected chi connectivity index (χ0v) is 17.1. The number of guanidine groups is 1. The Morgan fingerprint density at radius 3 is 2.77 bits per heavy atom. The van der Waals surface area contributed by atoms with Crippen molar-refractivity contribution in [2.45, 2.75) is 38.5 Å². The minimum absolute atomic E-state index is 0.0835. The first-order valence-electron chi connectivity index (χ1n) is 10.4. The van der Waals surface area contributed by atoms with Crippen molar-refractivity contribution in [1.82, 2.24) is 20.0 Å². The number of nitrogens with two attached hydrogens (primary N) is 1. The van der Waals surface area contributed by atoms with E-state index in [0.29, 0.717) is 18.3 Å². The van der Waals surface area contributed by atoms with Gasteiger partial charge in [0.2, 0.25) is 11.7 Å². The van der Waals surface area contributed by atoms with Crippen molar-refractivity contribution in [3.05, 3.63) is 54.0 Å². The maximum absolute atomic E-state index is 7.54. The van der Waals surface area contributed by atoms with Gasteiger partial charge < -0.3 is 20.5 Å². The lowest BCUT2D eigenvalue weighted by Crippen LogP contribution is -2.34. The van der Waals surface area contributed by atoms with Crippen LogP contribution in [0.5, 0.6) is 0 Å². The number of likely N-dealkylation sites (tertiary alicyclic amines) is 1. The van der Waals surface area contributed by atoms with E-state index in [1.165, 1.54) is 18.4 Å². The van der Waals surface area contributed by atoms with Crippen LogP contribution in [0.25, 0.3) is 11.4 Å². The second-order valence-electron chi connectivity index (χ2n) is 7.63. The molecule has 2 aromatic heterocycles. The zero-order chi connectivity index (χ0) is 20.9. The summed E-state index contributed by atoms with van der Waals surface area (Å²) >= 11 is 0. The topological polar surface area (TPSA) is 117 Å². The first kappa shape index (κ1) is 19.9. The van der Waals surface area contributed by atoms with Crippen molar-refractivity contribution >= 4 is 17.5 Å². The van der Waals surface area contributed by atoms with Gasteiger partial charge >= 0.3 is 0 Å². The number of benzene rings is 1. The van der Waals surface area contributed by atoms with E-state index in [1.54, 1.807) is 6.20 Å². The number of nitrogens with one attached hydrogen (secondary N) is 2. The van der Waals surface area contributed by atoms with E-state index >= 15 is 0 Å². The van der Waals surface area contributed by atoms with Crippen LogP contribution in [0.3, 0.4) is 0 Å². The molecule has 0 spiro atoms. The molecule has 0 saturated carbocycles. The Balaban J connectivity index is 1.38. The molecule has 3 heterocycles. The zero-order valence-electron chi connectivity index (χ0n) is 17.1. The number of hydrogen-bond donors (Lipinski definition) is 3. The largest absolute Gasteiger partial charge is 0.370 e. The van der Waals surface area contributed by atoms with Crippen LogP contribution in [0.15, 0.2) is 47.1 Å². The SMILES string of the molecule is CCCCc1ccc(Nc2ccc(-c3noc([C@@H]4CCN(C(=N)N)C4)n3)cn2)cc1. The molecular weight excluding hydrogens is 378 g/mol. The highest BCUT2D eigenvalue weighted by Crippen LogP contribution is 2.27. The molecule has 1 aromatic carbocycles. The molecule has 30 heavy (non-hydrogen) atoms. The summed E-state index contributed by atoms with van der Waals surface area (Å²) in [5.74, 6) is 2.05. The highest BCUT2D eigenvalue weighted by Gasteiger charge is 2.29. The highest BCUT2D eigenvalue weighted by atomic mass is 16.5. The van der Waals surface area contributed by atoms with Crippen LogP contribution in [0.4, 0.5) is 11.5 Å². The van der Waals surface area contributed by atoms with Gasteiger partial charge in [0.05, 0.1) is 5.92 Å². The van der Waals surface area contributed by atoms with Crippen LogP contribution in [0.2, 0.25) is 0 Å². The second kappa shape index (κ2) is 8.94. The minimum Gasteiger partial charge on any atom is -0.370 e. The van der Waals surface area contributed by atoms with E-state index in [1.807, 2.05) is 17.0 Å². The van der Waals surface area contributed by atoms with E-state index in [-0.39, 0.29) is 11.9 Å². The summed E-state index contributed by atoms with van der Waals surface area (Å²) in [6, 6.07) is 12.3. The van der Waals surface area contributed by atoms with Crippen LogP contribution in [0, 0.1) is 5.41 Å². The van der Waals surface area contributed by atoms with E-state index < -0.39 is 0 Å². The van der Waals surface area contributed by atoms with Crippen LogP contribution in [-0.4, -0.2) is 39.1 Å². The standard InChI is InChI=1S/C22H27N7O/c1-2-3-4-15-5-8-18(9-6-15)26-19-10-7-16(13-25-19)20-27-21(30-28-20)17-11-12-29(14-17)22(23)24/h5-10,13,17H,2-4,11-12,14H2,1H3,(H3,23,24)(H,25,26)/t17-/m1/s1. The maximum atomic E-state index is 7.54. The fourth-order valence-electron chi connectivity index (χ4n) is 3.58. The Kier molecular flexibility index (Phi) is 5.92. The van der Waals surface area contributed by atoms with Crippen molar-refractivity contribution in [2.75, 3.05) is 18.4 Å². The molecule has 4 rings (SSSR count). The summed E-state index contributed by atoms with van der Waals surface area (Å²) in [6.07, 6.45) is 6.12. The molecule has 0 bridgehead atoms. The van der Waals surface area contributed by atoms with E-state index in [0.717, 1.165) is 36.5 Å². The average molecular weight is 406 g/mol. The number of unbranched alkanes of at least 4 members (excludes halogenated alkanes) is 1. The number of hydrogen-bond acceptors (Lipinski definition) is 6. The monoisotopic (exact) mass is 405 g/mol. The Bertz CT molecular complexity index is 981. The molecule has 4 N–H and O–H groups in total. The van der Waals surface area contributed by atoms with Crippen molar-refractivity contribution in [2.24, 2.45) is 5.73 Å². The van der Waals surface area contributed by atoms with Gasteiger partial charge in [-0.05, 0) is 49.1 Å². The number of aryl methyl sites for hydroxylation is 1. The van der Waals surface area contributed by atoms with E-state index in [4.69, 9.17) is 15.7 Å². The summed E-state index contributed by atoms with van der Waals surface area (Å²) in [5, 5.41) is 15.0. The average Bonchev–Trinajstić information content (AvgIpc) is 3.44. The summed E-state index contributed by atoms with van der Waals surface area (Å²) in [7, 11) is 0. The first-order valence-corrected chi connectivity index (χ1v) is 10.4. The quantitative estimate of drug-likeness (QED) is 0.403. The lowest BCUT2D eigenvalue weighted by atomic mass is 10.1. The predicted octanol–water partition coefficient (Wildman–Crippen LogP) is 3.90. The molecule has 8 nitrogen and oxygen atoms in total. The fourth-order valence-corrected chi connectivity index (χ4v) is 3.58. The van der Waals surface area contributed by atoms with Gasteiger partial charge in [0.25, 0.3) is 0 Å². The molecule has 1 aliphatic rings. The van der Waals surface area contributed by atoms with Gasteiger partial charge in [0, 0.05) is 30.5 Å². The third-order valence-electron chi connectivity index (χ3n) is 5.39. The Morgan fingerprint density at radius 1 is 1.27 bits per heavy atom. The second-order valence-corrected chi connectivity index (χ2v) is 7.63. The molecule has 3 aromatic rings. The molecule has 0 aliphatic carbocycles. The third-order valence-corrected chi connectivity index (χ3v) is 5.39. The molecule has 1 fully saturated rings. The summed E-state index contributed by atoms with van der Waals surface area (Å²) in [6.45, 7) is 3.58. The Hall–Kier alpha value is -3.42. The van der Waals surface area contributed by atoms with Gasteiger partial charge in [-0.3, -0.25) is 5.41 Å². The summed E-state index contributed by atoms with van der Waals surface area (Å²) in [4.78, 5) is 10.8. The predicted molar refractivity (Wildman–Crippen MR) is 117 cm³/mol. The van der Waals surface area contributed by atoms with Crippen molar-refractivity contribution in [3.63, 3.8) is 0 Å². The van der Waals surface area contributed by atoms with Crippen LogP contribution >= 0.6 is 0 Å². The molecule has 156 valence electrons. The lowest BCUT2D eigenvalue weighted by Gasteiger charge is -2.14. The Morgan fingerprint density at radius 2 is 2.10 bits per heavy atom. The van der Waals surface area contributed by atoms with Crippen molar-refractivity contribution < 1.29 is 4.52 Å². The number of anilines is 2. The van der Waals surface area contributed by atoms with Crippen molar-refractivity contribution in [3.8, 4) is 11.4 Å². The fraction of sp³-hybridized carbons (Fsp3) is 0.364. The van der Waals surface area contributed by atoms with Crippen LogP contribution in [0.1, 0.15) is 43.6 Å². The van der Waals surface area contributed by atoms with E-state index in [9.17, 15) is 0 Å². The lowest BCUT2D eigenvalue weighted by molar-refractivity contribution is 0.354. The summed E-state index contributed by atoms with van der Waals surface area (Å²) < 4.78 is 5.45. The number of nitrogens with zero attached hydrogens (tertiary/aromatic N) is 4. The third kappa shape index (κ3) is 4.59. The normalized spacial score (nSPS) is 16.0. The molecule has 0 unspecified atom stereocenters. The van der Waals surface area contributed by atoms with Crippen molar-refractivity contribution in [1.29, 1.82) is 5.41 Å². The number of rotatable bonds is 7. The number of pyridine rings is 1. The molecule has 8 heteroatoms. The summed E-state index contributed by atoms with van der Waals surface area (Å²) in [5.41, 5.74) is 8.72. The van der Waals surface area contributed by atoms with Gasteiger partial charge in [-0.25, -0.2) is 4.98 Å². The Labute approximate surface area is 176 Å². The smallest absolute Gasteiger partial charge is 0.231 e. The molecule has 0 radical (unpaired) electrons. The first-order chi connectivity index (χ1) is 14.6. The minimum atomic E-state index is 0.0835. The molecule has 1 saturated heterocycles. The van der Waals surface area contributed by atoms with Gasteiger partial charge in [-0.1, -0.05) is 30.6 Å². The molecule has 0 amide bonds. The number of aromatic nitrogens is 3. The maximum Gasteiger partial charge on any atom is 0.231 e. The van der Waals surface area contributed by atoms with Gasteiger partial charge in [0.15, 0.2) is 5.96 Å². The van der Waals surface area contributed by atoms with Gasteiger partial charge in [-0.2, -0.15) is 4.98 Å². The van der Waals surface area contributed by atoms with Gasteiger partial charge in [0.1, 0.15) is 5.82 Å². The van der Waals surface area contributed by atoms with Gasteiger partial charge in [-0.15, -0.1) is 0 Å². The van der Waals surface area contributed by atoms with Crippen LogP contribution < -0.4 is 11.1 Å². The molecule has 1 aliphatic heterocycles.